The molecule has 1 amide bonds. The number of rotatable bonds is 4. The number of alkyl halides is 3. The van der Waals surface area contributed by atoms with Gasteiger partial charge >= 0.3 is 6.18 Å². The second kappa shape index (κ2) is 6.19. The van der Waals surface area contributed by atoms with Crippen LogP contribution in [0.25, 0.3) is 5.65 Å². The van der Waals surface area contributed by atoms with Crippen molar-refractivity contribution in [3.8, 4) is 0 Å². The molecule has 0 unspecified atom stereocenters. The molecule has 0 aromatic carbocycles. The summed E-state index contributed by atoms with van der Waals surface area (Å²) in [5.74, 6) is -0.583. The fourth-order valence-corrected chi connectivity index (χ4v) is 2.36. The maximum Gasteiger partial charge on any atom is 0.433 e. The minimum absolute atomic E-state index is 0.0312. The molecule has 0 bridgehead atoms. The van der Waals surface area contributed by atoms with Gasteiger partial charge in [0.05, 0.1) is 6.20 Å². The van der Waals surface area contributed by atoms with Gasteiger partial charge in [-0.2, -0.15) is 23.4 Å². The molecule has 0 spiro atoms. The van der Waals surface area contributed by atoms with E-state index >= 15 is 0 Å². The van der Waals surface area contributed by atoms with Gasteiger partial charge < -0.3 is 5.32 Å². The third-order valence-corrected chi connectivity index (χ3v) is 3.54. The van der Waals surface area contributed by atoms with Gasteiger partial charge in [-0.25, -0.2) is 9.50 Å². The van der Waals surface area contributed by atoms with Crippen LogP contribution < -0.4 is 5.32 Å². The van der Waals surface area contributed by atoms with Crippen LogP contribution in [0.3, 0.4) is 0 Å². The van der Waals surface area contributed by atoms with Crippen LogP contribution in [0.2, 0.25) is 0 Å². The predicted octanol–water partition coefficient (Wildman–Crippen LogP) is 2.20. The second-order valence-electron chi connectivity index (χ2n) is 5.47. The Bertz CT molecular complexity index is 927. The summed E-state index contributed by atoms with van der Waals surface area (Å²) >= 11 is 0. The van der Waals surface area contributed by atoms with Gasteiger partial charge in [-0.1, -0.05) is 0 Å². The van der Waals surface area contributed by atoms with Gasteiger partial charge in [0.25, 0.3) is 5.91 Å². The molecule has 0 saturated heterocycles. The lowest BCUT2D eigenvalue weighted by atomic mass is 10.3. The maximum absolute atomic E-state index is 13.1. The average molecular weight is 352 g/mol. The molecule has 10 heteroatoms. The third kappa shape index (κ3) is 3.47. The average Bonchev–Trinajstić information content (AvgIpc) is 3.17. The molecule has 132 valence electrons. The van der Waals surface area contributed by atoms with Crippen LogP contribution in [-0.4, -0.2) is 30.3 Å². The summed E-state index contributed by atoms with van der Waals surface area (Å²) in [5, 5.41) is 10.4. The van der Waals surface area contributed by atoms with Crippen molar-refractivity contribution in [1.29, 1.82) is 0 Å². The largest absolute Gasteiger partial charge is 0.433 e. The van der Waals surface area contributed by atoms with Crippen molar-refractivity contribution in [3.05, 3.63) is 47.2 Å². The molecule has 3 rings (SSSR count). The van der Waals surface area contributed by atoms with E-state index < -0.39 is 17.8 Å². The van der Waals surface area contributed by atoms with E-state index in [1.54, 1.807) is 17.1 Å². The van der Waals surface area contributed by atoms with Crippen LogP contribution in [0.5, 0.6) is 0 Å². The zero-order valence-electron chi connectivity index (χ0n) is 13.5. The number of aromatic nitrogens is 5. The molecule has 0 aliphatic heterocycles. The van der Waals surface area contributed by atoms with Crippen LogP contribution in [0.1, 0.15) is 34.4 Å². The lowest BCUT2D eigenvalue weighted by molar-refractivity contribution is -0.142. The zero-order valence-corrected chi connectivity index (χ0v) is 13.5. The van der Waals surface area contributed by atoms with Gasteiger partial charge in [0.15, 0.2) is 11.3 Å². The maximum atomic E-state index is 13.1. The van der Waals surface area contributed by atoms with Crippen LogP contribution in [0.4, 0.5) is 13.2 Å². The van der Waals surface area contributed by atoms with Gasteiger partial charge in [-0.05, 0) is 19.9 Å². The highest BCUT2D eigenvalue weighted by Crippen LogP contribution is 2.29. The van der Waals surface area contributed by atoms with E-state index in [-0.39, 0.29) is 23.6 Å². The molecule has 25 heavy (non-hydrogen) atoms. The SMILES string of the molecule is CCn1cc(CNC(=O)c2cc3nc(C)cc(C(F)(F)F)n3n2)cn1. The summed E-state index contributed by atoms with van der Waals surface area (Å²) in [5.41, 5.74) is -0.163. The number of fused-ring (bicyclic) bond motifs is 1. The Hall–Kier alpha value is -2.91. The van der Waals surface area contributed by atoms with E-state index in [1.807, 2.05) is 6.92 Å². The molecule has 0 aliphatic carbocycles. The number of carbonyl (C=O) groups excluding carboxylic acids is 1. The summed E-state index contributed by atoms with van der Waals surface area (Å²) < 4.78 is 41.7. The molecular weight excluding hydrogens is 337 g/mol. The van der Waals surface area contributed by atoms with Crippen molar-refractivity contribution in [1.82, 2.24) is 29.7 Å². The van der Waals surface area contributed by atoms with Crippen molar-refractivity contribution in [2.24, 2.45) is 0 Å². The van der Waals surface area contributed by atoms with Gasteiger partial charge in [-0.3, -0.25) is 9.48 Å². The highest BCUT2D eigenvalue weighted by Gasteiger charge is 2.35. The number of hydrogen-bond donors (Lipinski definition) is 1. The first-order valence-corrected chi connectivity index (χ1v) is 7.52. The molecule has 0 saturated carbocycles. The van der Waals surface area contributed by atoms with Crippen LogP contribution in [0, 0.1) is 6.92 Å². The summed E-state index contributed by atoms with van der Waals surface area (Å²) in [7, 11) is 0. The first-order chi connectivity index (χ1) is 11.8. The van der Waals surface area contributed by atoms with Crippen LogP contribution in [-0.2, 0) is 19.3 Å². The first kappa shape index (κ1) is 16.9. The third-order valence-electron chi connectivity index (χ3n) is 3.54. The normalized spacial score (nSPS) is 11.9. The Kier molecular flexibility index (Phi) is 4.19. The summed E-state index contributed by atoms with van der Waals surface area (Å²) in [6, 6.07) is 2.12. The lowest BCUT2D eigenvalue weighted by Crippen LogP contribution is -2.23. The number of aryl methyl sites for hydroxylation is 2. The minimum atomic E-state index is -4.60. The molecule has 7 nitrogen and oxygen atoms in total. The van der Waals surface area contributed by atoms with Crippen molar-refractivity contribution in [2.75, 3.05) is 0 Å². The summed E-state index contributed by atoms with van der Waals surface area (Å²) in [4.78, 5) is 16.2. The number of halogens is 3. The first-order valence-electron chi connectivity index (χ1n) is 7.52. The Balaban J connectivity index is 1.84. The Labute approximate surface area is 140 Å². The van der Waals surface area contributed by atoms with E-state index in [9.17, 15) is 18.0 Å². The molecule has 0 radical (unpaired) electrons. The molecule has 0 fully saturated rings. The monoisotopic (exact) mass is 352 g/mol. The van der Waals surface area contributed by atoms with E-state index in [1.165, 1.54) is 13.0 Å². The van der Waals surface area contributed by atoms with Gasteiger partial charge in [-0.15, -0.1) is 0 Å². The number of nitrogens with one attached hydrogen (secondary N) is 1. The topological polar surface area (TPSA) is 77.1 Å². The molecular formula is C15H15F3N6O. The van der Waals surface area contributed by atoms with E-state index in [2.05, 4.69) is 20.5 Å². The fourth-order valence-electron chi connectivity index (χ4n) is 2.36. The van der Waals surface area contributed by atoms with Crippen molar-refractivity contribution >= 4 is 11.6 Å². The summed E-state index contributed by atoms with van der Waals surface area (Å²) in [6.07, 6.45) is -1.21. The second-order valence-corrected chi connectivity index (χ2v) is 5.47. The predicted molar refractivity (Wildman–Crippen MR) is 81.8 cm³/mol. The van der Waals surface area contributed by atoms with Gasteiger partial charge in [0.2, 0.25) is 0 Å². The highest BCUT2D eigenvalue weighted by atomic mass is 19.4. The minimum Gasteiger partial charge on any atom is -0.346 e. The zero-order chi connectivity index (χ0) is 18.2. The number of nitrogens with zero attached hydrogens (tertiary/aromatic N) is 5. The quantitative estimate of drug-likeness (QED) is 0.781. The Morgan fingerprint density at radius 3 is 2.72 bits per heavy atom. The number of amides is 1. The van der Waals surface area contributed by atoms with Crippen molar-refractivity contribution < 1.29 is 18.0 Å². The van der Waals surface area contributed by atoms with Gasteiger partial charge in [0, 0.05) is 36.6 Å². The molecule has 3 aromatic heterocycles. The van der Waals surface area contributed by atoms with E-state index in [0.29, 0.717) is 11.1 Å². The van der Waals surface area contributed by atoms with E-state index in [4.69, 9.17) is 0 Å². The molecule has 3 aromatic rings. The molecule has 0 aliphatic rings. The molecule has 3 heterocycles. The standard InChI is InChI=1S/C15H15F3N6O/c1-3-23-8-10(7-20-23)6-19-14(25)11-5-13-21-9(2)4-12(15(16,17)18)24(13)22-11/h4-5,7-8H,3,6H2,1-2H3,(H,19,25). The van der Waals surface area contributed by atoms with Crippen molar-refractivity contribution in [2.45, 2.75) is 33.1 Å². The van der Waals surface area contributed by atoms with Crippen LogP contribution >= 0.6 is 0 Å². The van der Waals surface area contributed by atoms with Crippen molar-refractivity contribution in [3.63, 3.8) is 0 Å². The lowest BCUT2D eigenvalue weighted by Gasteiger charge is -2.09. The number of hydrogen-bond acceptors (Lipinski definition) is 4. The Morgan fingerprint density at radius 2 is 2.08 bits per heavy atom. The van der Waals surface area contributed by atoms with E-state index in [0.717, 1.165) is 11.6 Å². The Morgan fingerprint density at radius 1 is 1.32 bits per heavy atom. The summed E-state index contributed by atoms with van der Waals surface area (Å²) in [6.45, 7) is 4.28. The van der Waals surface area contributed by atoms with Gasteiger partial charge in [0.1, 0.15) is 5.69 Å². The van der Waals surface area contributed by atoms with Crippen LogP contribution in [0.15, 0.2) is 24.5 Å². The highest BCUT2D eigenvalue weighted by molar-refractivity contribution is 5.93. The molecule has 1 N–H and O–H groups in total. The smallest absolute Gasteiger partial charge is 0.346 e. The molecule has 0 atom stereocenters. The fraction of sp³-hybridized carbons (Fsp3) is 0.333. The number of carbonyl (C=O) groups is 1.